The lowest BCUT2D eigenvalue weighted by atomic mass is 10.0. The van der Waals surface area contributed by atoms with Crippen LogP contribution in [0.1, 0.15) is 37.3 Å². The van der Waals surface area contributed by atoms with Gasteiger partial charge in [0.1, 0.15) is 5.82 Å². The van der Waals surface area contributed by atoms with Crippen molar-refractivity contribution in [2.24, 2.45) is 0 Å². The topological polar surface area (TPSA) is 67.3 Å². The molecule has 1 aliphatic heterocycles. The molecule has 0 radical (unpaired) electrons. The summed E-state index contributed by atoms with van der Waals surface area (Å²) in [6, 6.07) is 13.8. The average Bonchev–Trinajstić information content (AvgIpc) is 2.86. The molecule has 2 aromatic carbocycles. The Morgan fingerprint density at radius 3 is 2.76 bits per heavy atom. The van der Waals surface area contributed by atoms with Crippen LogP contribution in [0, 0.1) is 6.92 Å². The van der Waals surface area contributed by atoms with Crippen molar-refractivity contribution in [1.29, 1.82) is 0 Å². The highest BCUT2D eigenvalue weighted by atomic mass is 35.5. The van der Waals surface area contributed by atoms with E-state index in [1.54, 1.807) is 13.0 Å². The molecule has 7 heteroatoms. The summed E-state index contributed by atoms with van der Waals surface area (Å²) in [5, 5.41) is 3.99. The summed E-state index contributed by atoms with van der Waals surface area (Å²) in [6.45, 7) is 6.04. The summed E-state index contributed by atoms with van der Waals surface area (Å²) in [7, 11) is 0. The first kappa shape index (κ1) is 23.8. The molecule has 2 heterocycles. The van der Waals surface area contributed by atoms with Gasteiger partial charge in [-0.05, 0) is 74.1 Å². The van der Waals surface area contributed by atoms with Gasteiger partial charge >= 0.3 is 5.97 Å². The van der Waals surface area contributed by atoms with E-state index in [2.05, 4.69) is 15.2 Å². The minimum atomic E-state index is -0.350. The molecule has 1 N–H and O–H groups in total. The second-order valence-corrected chi connectivity index (χ2v) is 8.69. The highest BCUT2D eigenvalue weighted by Gasteiger charge is 2.19. The van der Waals surface area contributed by atoms with Crippen molar-refractivity contribution >= 4 is 41.1 Å². The first-order chi connectivity index (χ1) is 16.5. The molecule has 0 saturated carbocycles. The van der Waals surface area contributed by atoms with Crippen molar-refractivity contribution in [3.8, 4) is 11.1 Å². The quantitative estimate of drug-likeness (QED) is 0.313. The van der Waals surface area contributed by atoms with E-state index < -0.39 is 0 Å². The minimum Gasteiger partial charge on any atom is -0.463 e. The van der Waals surface area contributed by atoms with Crippen LogP contribution in [-0.4, -0.2) is 35.6 Å². The second kappa shape index (κ2) is 11.2. The lowest BCUT2D eigenvalue weighted by Crippen LogP contribution is -2.31. The van der Waals surface area contributed by atoms with Crippen LogP contribution in [0.2, 0.25) is 5.02 Å². The van der Waals surface area contributed by atoms with E-state index in [1.807, 2.05) is 55.6 Å². The summed E-state index contributed by atoms with van der Waals surface area (Å²) in [5.41, 5.74) is 4.73. The second-order valence-electron chi connectivity index (χ2n) is 8.28. The third-order valence-electron chi connectivity index (χ3n) is 5.75. The molecule has 1 fully saturated rings. The Bertz CT molecular complexity index is 1190. The van der Waals surface area contributed by atoms with Crippen molar-refractivity contribution in [3.05, 3.63) is 70.9 Å². The SMILES string of the molecule is CCOC(=O)/C=C/c1cccc(-c2cnc(Nc3ccc(C)c(Cl)c3)nc2N2CCCCC2)c1. The van der Waals surface area contributed by atoms with Crippen LogP contribution >= 0.6 is 11.6 Å². The summed E-state index contributed by atoms with van der Waals surface area (Å²) < 4.78 is 4.99. The van der Waals surface area contributed by atoms with Gasteiger partial charge in [-0.25, -0.2) is 9.78 Å². The van der Waals surface area contributed by atoms with Crippen LogP contribution in [0.3, 0.4) is 0 Å². The zero-order valence-corrected chi connectivity index (χ0v) is 20.3. The minimum absolute atomic E-state index is 0.350. The zero-order valence-electron chi connectivity index (χ0n) is 19.6. The number of hydrogen-bond donors (Lipinski definition) is 1. The van der Waals surface area contributed by atoms with E-state index >= 15 is 0 Å². The number of nitrogens with one attached hydrogen (secondary N) is 1. The summed E-state index contributed by atoms with van der Waals surface area (Å²) in [4.78, 5) is 23.6. The number of benzene rings is 2. The predicted molar refractivity (Wildman–Crippen MR) is 139 cm³/mol. The third-order valence-corrected chi connectivity index (χ3v) is 6.16. The van der Waals surface area contributed by atoms with Crippen LogP contribution in [0.5, 0.6) is 0 Å². The van der Waals surface area contributed by atoms with Gasteiger partial charge in [0.2, 0.25) is 5.95 Å². The van der Waals surface area contributed by atoms with E-state index in [0.29, 0.717) is 17.6 Å². The first-order valence-electron chi connectivity index (χ1n) is 11.6. The van der Waals surface area contributed by atoms with E-state index in [9.17, 15) is 4.79 Å². The van der Waals surface area contributed by atoms with E-state index in [-0.39, 0.29) is 5.97 Å². The molecule has 1 saturated heterocycles. The normalized spacial score (nSPS) is 13.8. The van der Waals surface area contributed by atoms with Gasteiger partial charge in [-0.1, -0.05) is 35.9 Å². The Morgan fingerprint density at radius 1 is 1.18 bits per heavy atom. The van der Waals surface area contributed by atoms with Gasteiger partial charge in [-0.3, -0.25) is 0 Å². The highest BCUT2D eigenvalue weighted by Crippen LogP contribution is 2.33. The number of rotatable bonds is 7. The number of esters is 1. The van der Waals surface area contributed by atoms with E-state index in [0.717, 1.165) is 59.7 Å². The number of nitrogens with zero attached hydrogens (tertiary/aromatic N) is 3. The number of carbonyl (C=O) groups excluding carboxylic acids is 1. The number of piperidine rings is 1. The fourth-order valence-corrected chi connectivity index (χ4v) is 4.13. The number of anilines is 3. The summed E-state index contributed by atoms with van der Waals surface area (Å²) in [5.74, 6) is 1.08. The molecule has 176 valence electrons. The Hall–Kier alpha value is -3.38. The molecule has 4 rings (SSSR count). The maximum atomic E-state index is 11.7. The van der Waals surface area contributed by atoms with Gasteiger partial charge in [0, 0.05) is 41.6 Å². The fraction of sp³-hybridized carbons (Fsp3) is 0.296. The van der Waals surface area contributed by atoms with Gasteiger partial charge in [0.05, 0.1) is 6.61 Å². The zero-order chi connectivity index (χ0) is 23.9. The van der Waals surface area contributed by atoms with Crippen molar-refractivity contribution in [3.63, 3.8) is 0 Å². The van der Waals surface area contributed by atoms with Gasteiger partial charge < -0.3 is 15.0 Å². The molecule has 0 unspecified atom stereocenters. The fourth-order valence-electron chi connectivity index (χ4n) is 3.95. The largest absolute Gasteiger partial charge is 0.463 e. The van der Waals surface area contributed by atoms with Crippen LogP contribution in [0.15, 0.2) is 54.7 Å². The number of hydrogen-bond acceptors (Lipinski definition) is 6. The smallest absolute Gasteiger partial charge is 0.330 e. The van der Waals surface area contributed by atoms with Crippen LogP contribution in [0.25, 0.3) is 17.2 Å². The first-order valence-corrected chi connectivity index (χ1v) is 12.0. The van der Waals surface area contributed by atoms with Crippen molar-refractivity contribution in [2.75, 3.05) is 29.9 Å². The van der Waals surface area contributed by atoms with E-state index in [4.69, 9.17) is 21.3 Å². The number of ether oxygens (including phenoxy) is 1. The molecule has 0 atom stereocenters. The van der Waals surface area contributed by atoms with Crippen LogP contribution < -0.4 is 10.2 Å². The third kappa shape index (κ3) is 5.94. The number of aromatic nitrogens is 2. The van der Waals surface area contributed by atoms with Crippen molar-refractivity contribution in [1.82, 2.24) is 9.97 Å². The Balaban J connectivity index is 1.67. The molecule has 3 aromatic rings. The summed E-state index contributed by atoms with van der Waals surface area (Å²) >= 11 is 6.29. The Morgan fingerprint density at radius 2 is 2.00 bits per heavy atom. The lowest BCUT2D eigenvalue weighted by molar-refractivity contribution is -0.137. The lowest BCUT2D eigenvalue weighted by Gasteiger charge is -2.29. The Labute approximate surface area is 205 Å². The van der Waals surface area contributed by atoms with Crippen LogP contribution in [0.4, 0.5) is 17.5 Å². The van der Waals surface area contributed by atoms with Crippen molar-refractivity contribution < 1.29 is 9.53 Å². The molecule has 6 nitrogen and oxygen atoms in total. The standard InChI is InChI=1S/C27H29ClN4O2/c1-3-34-25(33)13-11-20-8-7-9-21(16-20)23-18-29-27(30-22-12-10-19(2)24(28)17-22)31-26(23)32-14-5-4-6-15-32/h7-13,16-18H,3-6,14-15H2,1-2H3,(H,29,30,31)/b13-11+. The predicted octanol–water partition coefficient (Wildman–Crippen LogP) is 6.42. The molecule has 1 aromatic heterocycles. The maximum absolute atomic E-state index is 11.7. The van der Waals surface area contributed by atoms with Crippen molar-refractivity contribution in [2.45, 2.75) is 33.1 Å². The average molecular weight is 477 g/mol. The van der Waals surface area contributed by atoms with Gasteiger partial charge in [-0.15, -0.1) is 0 Å². The van der Waals surface area contributed by atoms with Gasteiger partial charge in [0.15, 0.2) is 0 Å². The molecule has 0 aliphatic carbocycles. The number of carbonyl (C=O) groups is 1. The molecule has 34 heavy (non-hydrogen) atoms. The number of aryl methyl sites for hydroxylation is 1. The summed E-state index contributed by atoms with van der Waals surface area (Å²) in [6.07, 6.45) is 8.59. The van der Waals surface area contributed by atoms with Gasteiger partial charge in [0.25, 0.3) is 0 Å². The molecule has 0 spiro atoms. The van der Waals surface area contributed by atoms with Crippen LogP contribution in [-0.2, 0) is 9.53 Å². The molecule has 1 aliphatic rings. The Kier molecular flexibility index (Phi) is 7.80. The maximum Gasteiger partial charge on any atom is 0.330 e. The van der Waals surface area contributed by atoms with E-state index in [1.165, 1.54) is 12.5 Å². The molecular formula is C27H29ClN4O2. The van der Waals surface area contributed by atoms with Gasteiger partial charge in [-0.2, -0.15) is 4.98 Å². The number of halogens is 1. The molecule has 0 amide bonds. The molecule has 0 bridgehead atoms. The highest BCUT2D eigenvalue weighted by molar-refractivity contribution is 6.31. The monoisotopic (exact) mass is 476 g/mol. The molecular weight excluding hydrogens is 448 g/mol.